The number of carboxylic acid groups (broad SMARTS) is 1. The van der Waals surface area contributed by atoms with Gasteiger partial charge in [0.2, 0.25) is 0 Å². The molecule has 0 radical (unpaired) electrons. The van der Waals surface area contributed by atoms with Gasteiger partial charge in [-0.1, -0.05) is 12.1 Å². The number of nitrogens with one attached hydrogen (secondary N) is 1. The number of carbonyl (C=O) groups is 2. The summed E-state index contributed by atoms with van der Waals surface area (Å²) in [5.41, 5.74) is 1.21. The summed E-state index contributed by atoms with van der Waals surface area (Å²) in [5, 5.41) is 22.8. The Bertz CT molecular complexity index is 660. The predicted octanol–water partition coefficient (Wildman–Crippen LogP) is -0.298. The third-order valence-electron chi connectivity index (χ3n) is 2.91. The fourth-order valence-electron chi connectivity index (χ4n) is 1.79. The monoisotopic (exact) mass is 292 g/mol. The summed E-state index contributed by atoms with van der Waals surface area (Å²) < 4.78 is 2.90. The molecule has 0 aliphatic rings. The molecule has 2 aromatic heterocycles. The molecule has 2 rings (SSSR count). The highest BCUT2D eigenvalue weighted by Gasteiger charge is 2.12. The van der Waals surface area contributed by atoms with Crippen molar-refractivity contribution in [1.29, 1.82) is 0 Å². The SMILES string of the molecule is CCc1cc(C(=O)NCCn2cc(C(=O)O)nn2)n(C)n1. The molecule has 0 aromatic carbocycles. The van der Waals surface area contributed by atoms with Crippen molar-refractivity contribution in [3.05, 3.63) is 29.3 Å². The molecule has 0 aliphatic heterocycles. The highest BCUT2D eigenvalue weighted by Crippen LogP contribution is 2.03. The van der Waals surface area contributed by atoms with Crippen molar-refractivity contribution in [2.75, 3.05) is 6.54 Å². The second-order valence-electron chi connectivity index (χ2n) is 4.43. The van der Waals surface area contributed by atoms with Crippen LogP contribution in [0.3, 0.4) is 0 Å². The second kappa shape index (κ2) is 6.16. The lowest BCUT2D eigenvalue weighted by Crippen LogP contribution is -2.29. The van der Waals surface area contributed by atoms with Crippen LogP contribution in [0.5, 0.6) is 0 Å². The summed E-state index contributed by atoms with van der Waals surface area (Å²) in [4.78, 5) is 22.6. The van der Waals surface area contributed by atoms with E-state index in [9.17, 15) is 9.59 Å². The molecule has 0 unspecified atom stereocenters. The summed E-state index contributed by atoms with van der Waals surface area (Å²) >= 11 is 0. The van der Waals surface area contributed by atoms with Crippen molar-refractivity contribution in [2.45, 2.75) is 19.9 Å². The van der Waals surface area contributed by atoms with Crippen molar-refractivity contribution >= 4 is 11.9 Å². The zero-order valence-electron chi connectivity index (χ0n) is 11.8. The summed E-state index contributed by atoms with van der Waals surface area (Å²) in [6.07, 6.45) is 2.08. The molecule has 112 valence electrons. The van der Waals surface area contributed by atoms with Crippen molar-refractivity contribution < 1.29 is 14.7 Å². The van der Waals surface area contributed by atoms with Crippen molar-refractivity contribution in [2.24, 2.45) is 7.05 Å². The Morgan fingerprint density at radius 2 is 2.19 bits per heavy atom. The maximum Gasteiger partial charge on any atom is 0.358 e. The highest BCUT2D eigenvalue weighted by atomic mass is 16.4. The largest absolute Gasteiger partial charge is 0.476 e. The fourth-order valence-corrected chi connectivity index (χ4v) is 1.79. The topological polar surface area (TPSA) is 115 Å². The number of carboxylic acids is 1. The van der Waals surface area contributed by atoms with Crippen LogP contribution in [0.4, 0.5) is 0 Å². The first-order valence-corrected chi connectivity index (χ1v) is 6.45. The quantitative estimate of drug-likeness (QED) is 0.755. The van der Waals surface area contributed by atoms with Crippen LogP contribution < -0.4 is 5.32 Å². The van der Waals surface area contributed by atoms with Crippen LogP contribution in [-0.2, 0) is 20.0 Å². The molecule has 9 heteroatoms. The molecule has 0 bridgehead atoms. The van der Waals surface area contributed by atoms with E-state index >= 15 is 0 Å². The Labute approximate surface area is 120 Å². The third-order valence-corrected chi connectivity index (χ3v) is 2.91. The number of amides is 1. The summed E-state index contributed by atoms with van der Waals surface area (Å²) in [7, 11) is 1.71. The minimum Gasteiger partial charge on any atom is -0.476 e. The minimum absolute atomic E-state index is 0.124. The first kappa shape index (κ1) is 14.7. The molecule has 0 aliphatic carbocycles. The second-order valence-corrected chi connectivity index (χ2v) is 4.43. The molecule has 21 heavy (non-hydrogen) atoms. The Morgan fingerprint density at radius 1 is 1.43 bits per heavy atom. The molecule has 2 N–H and O–H groups in total. The van der Waals surface area contributed by atoms with Gasteiger partial charge in [-0.05, 0) is 12.5 Å². The maximum atomic E-state index is 12.0. The van der Waals surface area contributed by atoms with E-state index in [0.717, 1.165) is 12.1 Å². The summed E-state index contributed by atoms with van der Waals surface area (Å²) in [6.45, 7) is 2.62. The first-order chi connectivity index (χ1) is 10.0. The fraction of sp³-hybridized carbons (Fsp3) is 0.417. The van der Waals surface area contributed by atoms with Crippen molar-refractivity contribution in [3.63, 3.8) is 0 Å². The van der Waals surface area contributed by atoms with E-state index in [2.05, 4.69) is 20.7 Å². The first-order valence-electron chi connectivity index (χ1n) is 6.45. The Morgan fingerprint density at radius 3 is 2.76 bits per heavy atom. The average molecular weight is 292 g/mol. The summed E-state index contributed by atoms with van der Waals surface area (Å²) in [6, 6.07) is 1.74. The van der Waals surface area contributed by atoms with Gasteiger partial charge in [-0.15, -0.1) is 5.10 Å². The standard InChI is InChI=1S/C12H16N6O3/c1-3-8-6-10(17(2)15-8)11(19)13-4-5-18-7-9(12(20)21)14-16-18/h6-7H,3-5H2,1-2H3,(H,13,19)(H,20,21). The number of aryl methyl sites for hydroxylation is 2. The van der Waals surface area contributed by atoms with Gasteiger partial charge in [0, 0.05) is 13.6 Å². The van der Waals surface area contributed by atoms with E-state index in [0.29, 0.717) is 18.8 Å². The van der Waals surface area contributed by atoms with Gasteiger partial charge in [-0.3, -0.25) is 9.48 Å². The van der Waals surface area contributed by atoms with E-state index in [1.807, 2.05) is 6.92 Å². The van der Waals surface area contributed by atoms with Gasteiger partial charge in [-0.25, -0.2) is 9.48 Å². The van der Waals surface area contributed by atoms with E-state index in [1.165, 1.54) is 15.6 Å². The molecular weight excluding hydrogens is 276 g/mol. The Balaban J connectivity index is 1.88. The van der Waals surface area contributed by atoms with Crippen molar-refractivity contribution in [3.8, 4) is 0 Å². The molecule has 0 atom stereocenters. The third kappa shape index (κ3) is 3.44. The van der Waals surface area contributed by atoms with Gasteiger partial charge in [-0.2, -0.15) is 5.10 Å². The number of hydrogen-bond acceptors (Lipinski definition) is 5. The number of aromatic nitrogens is 5. The van der Waals surface area contributed by atoms with E-state index in [1.54, 1.807) is 13.1 Å². The lowest BCUT2D eigenvalue weighted by Gasteiger charge is -2.04. The van der Waals surface area contributed by atoms with Crippen LogP contribution in [0.1, 0.15) is 33.6 Å². The molecular formula is C12H16N6O3. The maximum absolute atomic E-state index is 12.0. The number of hydrogen-bond donors (Lipinski definition) is 2. The molecule has 2 heterocycles. The lowest BCUT2D eigenvalue weighted by atomic mass is 10.3. The van der Waals surface area contributed by atoms with Crippen LogP contribution in [0.25, 0.3) is 0 Å². The van der Waals surface area contributed by atoms with Gasteiger partial charge in [0.1, 0.15) is 5.69 Å². The van der Waals surface area contributed by atoms with Gasteiger partial charge >= 0.3 is 5.97 Å². The molecule has 0 saturated heterocycles. The number of nitrogens with zero attached hydrogens (tertiary/aromatic N) is 5. The van der Waals surface area contributed by atoms with Crippen molar-refractivity contribution in [1.82, 2.24) is 30.1 Å². The molecule has 2 aromatic rings. The Hall–Kier alpha value is -2.71. The number of rotatable bonds is 6. The van der Waals surface area contributed by atoms with E-state index < -0.39 is 5.97 Å². The zero-order valence-corrected chi connectivity index (χ0v) is 11.8. The van der Waals surface area contributed by atoms with Gasteiger partial charge < -0.3 is 10.4 Å². The molecule has 1 amide bonds. The predicted molar refractivity (Wildman–Crippen MR) is 71.9 cm³/mol. The van der Waals surface area contributed by atoms with E-state index in [4.69, 9.17) is 5.11 Å². The van der Waals surface area contributed by atoms with Crippen LogP contribution in [-0.4, -0.2) is 48.3 Å². The van der Waals surface area contributed by atoms with Gasteiger partial charge in [0.25, 0.3) is 5.91 Å². The van der Waals surface area contributed by atoms with Crippen LogP contribution in [0.15, 0.2) is 12.3 Å². The molecule has 0 spiro atoms. The van der Waals surface area contributed by atoms with Gasteiger partial charge in [0.15, 0.2) is 5.69 Å². The number of carbonyl (C=O) groups excluding carboxylic acids is 1. The summed E-state index contributed by atoms with van der Waals surface area (Å²) in [5.74, 6) is -1.37. The highest BCUT2D eigenvalue weighted by molar-refractivity contribution is 5.92. The van der Waals surface area contributed by atoms with Crippen LogP contribution in [0, 0.1) is 0 Å². The van der Waals surface area contributed by atoms with Gasteiger partial charge in [0.05, 0.1) is 18.4 Å². The normalized spacial score (nSPS) is 10.6. The smallest absolute Gasteiger partial charge is 0.358 e. The van der Waals surface area contributed by atoms with Crippen LogP contribution >= 0.6 is 0 Å². The molecule has 9 nitrogen and oxygen atoms in total. The minimum atomic E-state index is -1.13. The van der Waals surface area contributed by atoms with Crippen LogP contribution in [0.2, 0.25) is 0 Å². The van der Waals surface area contributed by atoms with E-state index in [-0.39, 0.29) is 11.6 Å². The lowest BCUT2D eigenvalue weighted by molar-refractivity contribution is 0.0690. The molecule has 0 saturated carbocycles. The molecule has 0 fully saturated rings. The number of aromatic carboxylic acids is 1. The Kier molecular flexibility index (Phi) is 4.31. The zero-order chi connectivity index (χ0) is 15.4. The average Bonchev–Trinajstić information content (AvgIpc) is 3.05.